The second-order valence-electron chi connectivity index (χ2n) is 10.2. The van der Waals surface area contributed by atoms with Gasteiger partial charge in [-0.25, -0.2) is 0 Å². The quantitative estimate of drug-likeness (QED) is 0.316. The second kappa shape index (κ2) is 13.3. The van der Waals surface area contributed by atoms with E-state index in [2.05, 4.69) is 11.9 Å². The summed E-state index contributed by atoms with van der Waals surface area (Å²) in [5.74, 6) is -0.303. The van der Waals surface area contributed by atoms with Crippen molar-refractivity contribution in [2.45, 2.75) is 102 Å². The third-order valence-electron chi connectivity index (χ3n) is 6.72. The molecule has 7 atom stereocenters. The van der Waals surface area contributed by atoms with E-state index in [1.165, 1.54) is 5.57 Å². The Hall–Kier alpha value is -2.00. The third kappa shape index (κ3) is 9.52. The van der Waals surface area contributed by atoms with Crippen molar-refractivity contribution in [2.75, 3.05) is 13.2 Å². The Kier molecular flexibility index (Phi) is 10.5. The van der Waals surface area contributed by atoms with Gasteiger partial charge in [0.1, 0.15) is 18.3 Å². The molecule has 0 aromatic rings. The molecule has 2 saturated heterocycles. The van der Waals surface area contributed by atoms with Gasteiger partial charge in [0.2, 0.25) is 5.91 Å². The van der Waals surface area contributed by atoms with Crippen molar-refractivity contribution in [3.8, 4) is 0 Å². The number of hydrogen-bond acceptors (Lipinski definition) is 7. The summed E-state index contributed by atoms with van der Waals surface area (Å²) in [7, 11) is 0. The van der Waals surface area contributed by atoms with Gasteiger partial charge in [-0.3, -0.25) is 9.59 Å². The largest absolute Gasteiger partial charge is 0.459 e. The molecule has 2 fully saturated rings. The first-order valence-corrected chi connectivity index (χ1v) is 12.8. The fraction of sp³-hybridized carbons (Fsp3) is 0.704. The highest BCUT2D eigenvalue weighted by molar-refractivity contribution is 5.76. The average Bonchev–Trinajstić information content (AvgIpc) is 3.55. The number of rotatable bonds is 3. The lowest BCUT2D eigenvalue weighted by Crippen LogP contribution is -2.33. The normalized spacial score (nSPS) is 35.2. The Bertz CT molecular complexity index is 807. The fourth-order valence-electron chi connectivity index (χ4n) is 4.73. The van der Waals surface area contributed by atoms with Gasteiger partial charge in [0.05, 0.1) is 24.9 Å². The maximum absolute atomic E-state index is 12.5. The molecule has 0 aromatic carbocycles. The molecule has 1 amide bonds. The maximum atomic E-state index is 12.5. The first kappa shape index (κ1) is 27.6. The number of hydrogen-bond donors (Lipinski definition) is 3. The molecular formula is C27H41NO7. The predicted octanol–water partition coefficient (Wildman–Crippen LogP) is 2.73. The van der Waals surface area contributed by atoms with Gasteiger partial charge in [0, 0.05) is 25.8 Å². The van der Waals surface area contributed by atoms with Crippen LogP contribution in [-0.2, 0) is 23.8 Å². The Morgan fingerprint density at radius 3 is 2.77 bits per heavy atom. The molecule has 3 aliphatic heterocycles. The van der Waals surface area contributed by atoms with Crippen LogP contribution in [0.5, 0.6) is 0 Å². The highest BCUT2D eigenvalue weighted by atomic mass is 16.6. The molecule has 196 valence electrons. The van der Waals surface area contributed by atoms with E-state index in [1.54, 1.807) is 6.08 Å². The van der Waals surface area contributed by atoms with Crippen molar-refractivity contribution in [3.05, 3.63) is 36.0 Å². The topological polar surface area (TPSA) is 118 Å². The summed E-state index contributed by atoms with van der Waals surface area (Å²) in [6, 6.07) is 0. The van der Waals surface area contributed by atoms with Gasteiger partial charge in [-0.15, -0.1) is 0 Å². The van der Waals surface area contributed by atoms with Crippen molar-refractivity contribution in [1.29, 1.82) is 0 Å². The summed E-state index contributed by atoms with van der Waals surface area (Å²) in [4.78, 5) is 24.6. The Balaban J connectivity index is 1.63. The monoisotopic (exact) mass is 491 g/mol. The van der Waals surface area contributed by atoms with Gasteiger partial charge in [0.25, 0.3) is 0 Å². The standard InChI is InChI=1S/C27H41NO7/c1-17-9-11-33-20(13-17)7-8-21(29)23-16-24-27(35-24)22(30)14-18(2)12-19(3)15-25(31)28-10-5-4-6-26(32)34-23/h7-9,19-24,27,29-30H,2,4-6,10-16H2,1,3H3,(H,28,31)/b8-7+/t19-,20+,21-,22-,23-,24-,27-/m0/s1. The Labute approximate surface area is 208 Å². The summed E-state index contributed by atoms with van der Waals surface area (Å²) >= 11 is 0. The lowest BCUT2D eigenvalue weighted by molar-refractivity contribution is -0.154. The minimum Gasteiger partial charge on any atom is -0.459 e. The van der Waals surface area contributed by atoms with Gasteiger partial charge in [-0.2, -0.15) is 0 Å². The third-order valence-corrected chi connectivity index (χ3v) is 6.72. The molecular weight excluding hydrogens is 450 g/mol. The Morgan fingerprint density at radius 1 is 1.20 bits per heavy atom. The minimum atomic E-state index is -1.02. The fourth-order valence-corrected chi connectivity index (χ4v) is 4.73. The van der Waals surface area contributed by atoms with E-state index >= 15 is 0 Å². The minimum absolute atomic E-state index is 0.0252. The first-order valence-electron chi connectivity index (χ1n) is 12.8. The van der Waals surface area contributed by atoms with Gasteiger partial charge in [0.15, 0.2) is 0 Å². The van der Waals surface area contributed by atoms with Gasteiger partial charge in [-0.1, -0.05) is 42.9 Å². The molecule has 0 aromatic heterocycles. The smallest absolute Gasteiger partial charge is 0.306 e. The molecule has 3 N–H and O–H groups in total. The van der Waals surface area contributed by atoms with Crippen LogP contribution in [0, 0.1) is 5.92 Å². The molecule has 3 rings (SSSR count). The maximum Gasteiger partial charge on any atom is 0.306 e. The molecule has 8 heteroatoms. The summed E-state index contributed by atoms with van der Waals surface area (Å²) in [6.45, 7) is 9.15. The zero-order valence-electron chi connectivity index (χ0n) is 21.0. The number of aliphatic hydroxyl groups excluding tert-OH is 2. The van der Waals surface area contributed by atoms with Gasteiger partial charge in [-0.05, 0) is 44.9 Å². The summed E-state index contributed by atoms with van der Waals surface area (Å²) in [6.07, 6.45) is 6.03. The van der Waals surface area contributed by atoms with Crippen molar-refractivity contribution >= 4 is 11.9 Å². The molecule has 0 radical (unpaired) electrons. The number of carbonyl (C=O) groups is 2. The van der Waals surface area contributed by atoms with Crippen LogP contribution in [0.25, 0.3) is 0 Å². The lowest BCUT2D eigenvalue weighted by Gasteiger charge is -2.23. The number of nitrogens with one attached hydrogen (secondary N) is 1. The highest BCUT2D eigenvalue weighted by Crippen LogP contribution is 2.34. The molecule has 8 nitrogen and oxygen atoms in total. The molecule has 3 aliphatic rings. The number of aliphatic hydroxyl groups is 2. The number of amides is 1. The van der Waals surface area contributed by atoms with E-state index in [1.807, 2.05) is 26.0 Å². The van der Waals surface area contributed by atoms with Crippen LogP contribution in [0.2, 0.25) is 0 Å². The van der Waals surface area contributed by atoms with Crippen LogP contribution in [0.1, 0.15) is 65.2 Å². The molecule has 0 unspecified atom stereocenters. The average molecular weight is 492 g/mol. The highest BCUT2D eigenvalue weighted by Gasteiger charge is 2.46. The van der Waals surface area contributed by atoms with E-state index in [0.717, 1.165) is 12.0 Å². The molecule has 0 aliphatic carbocycles. The van der Waals surface area contributed by atoms with E-state index in [9.17, 15) is 19.8 Å². The molecule has 3 heterocycles. The van der Waals surface area contributed by atoms with Crippen LogP contribution in [0.3, 0.4) is 0 Å². The van der Waals surface area contributed by atoms with Crippen LogP contribution in [0.15, 0.2) is 36.0 Å². The Morgan fingerprint density at radius 2 is 2.00 bits per heavy atom. The second-order valence-corrected chi connectivity index (χ2v) is 10.2. The van der Waals surface area contributed by atoms with Crippen molar-refractivity contribution < 1.29 is 34.0 Å². The lowest BCUT2D eigenvalue weighted by atomic mass is 9.93. The molecule has 0 spiro atoms. The van der Waals surface area contributed by atoms with Crippen LogP contribution < -0.4 is 5.32 Å². The van der Waals surface area contributed by atoms with E-state index in [4.69, 9.17) is 14.2 Å². The first-order chi connectivity index (χ1) is 16.7. The van der Waals surface area contributed by atoms with Crippen molar-refractivity contribution in [2.24, 2.45) is 5.92 Å². The molecule has 0 saturated carbocycles. The molecule has 0 bridgehead atoms. The van der Waals surface area contributed by atoms with Crippen molar-refractivity contribution in [3.63, 3.8) is 0 Å². The van der Waals surface area contributed by atoms with Gasteiger partial charge >= 0.3 is 5.97 Å². The number of epoxide rings is 1. The van der Waals surface area contributed by atoms with Crippen LogP contribution in [0.4, 0.5) is 0 Å². The number of esters is 1. The number of fused-ring (bicyclic) bond motifs is 1. The SMILES string of the molecule is C=C1C[C@H](C)CC(=O)NCCCCC(=O)O[C@H]([C@@H](O)/C=C/[C@@H]2CC(C)=CCO2)C[C@@H]2O[C@H]2[C@@H](O)C1. The predicted molar refractivity (Wildman–Crippen MR) is 131 cm³/mol. The number of ether oxygens (including phenoxy) is 3. The zero-order valence-corrected chi connectivity index (χ0v) is 21.0. The van der Waals surface area contributed by atoms with E-state index in [0.29, 0.717) is 51.7 Å². The summed E-state index contributed by atoms with van der Waals surface area (Å²) < 4.78 is 17.0. The molecule has 35 heavy (non-hydrogen) atoms. The summed E-state index contributed by atoms with van der Waals surface area (Å²) in [5.41, 5.74) is 2.11. The van der Waals surface area contributed by atoms with E-state index < -0.39 is 30.4 Å². The van der Waals surface area contributed by atoms with Crippen molar-refractivity contribution in [1.82, 2.24) is 5.32 Å². The summed E-state index contributed by atoms with van der Waals surface area (Å²) in [5, 5.41) is 24.4. The van der Waals surface area contributed by atoms with E-state index in [-0.39, 0.29) is 30.5 Å². The van der Waals surface area contributed by atoms with Crippen LogP contribution in [-0.4, -0.2) is 71.9 Å². The van der Waals surface area contributed by atoms with Crippen LogP contribution >= 0.6 is 0 Å². The number of carbonyl (C=O) groups excluding carboxylic acids is 2. The zero-order chi connectivity index (χ0) is 25.4. The number of cyclic esters (lactones) is 1. The van der Waals surface area contributed by atoms with Gasteiger partial charge < -0.3 is 29.7 Å².